The number of aryl methyl sites for hydroxylation is 1. The summed E-state index contributed by atoms with van der Waals surface area (Å²) in [6.45, 7) is 1.85. The van der Waals surface area contributed by atoms with E-state index in [4.69, 9.17) is 10.9 Å². The molecule has 0 saturated carbocycles. The summed E-state index contributed by atoms with van der Waals surface area (Å²) >= 11 is 1.21. The Balaban J connectivity index is 2.42. The lowest BCUT2D eigenvalue weighted by atomic mass is 10.2. The summed E-state index contributed by atoms with van der Waals surface area (Å²) < 4.78 is 26.5. The highest BCUT2D eigenvalue weighted by atomic mass is 32.2. The molecule has 0 bridgehead atoms. The Hall–Kier alpha value is -2.06. The van der Waals surface area contributed by atoms with E-state index in [1.165, 1.54) is 22.7 Å². The number of hydrogen-bond acceptors (Lipinski definition) is 5. The van der Waals surface area contributed by atoms with Gasteiger partial charge in [0.1, 0.15) is 4.21 Å². The topological polar surface area (TPSA) is 96.0 Å². The van der Waals surface area contributed by atoms with Gasteiger partial charge in [-0.25, -0.2) is 8.42 Å². The maximum Gasteiger partial charge on any atom is 0.273 e. The molecule has 0 amide bonds. The Bertz CT molecular complexity index is 781. The van der Waals surface area contributed by atoms with E-state index >= 15 is 0 Å². The molecule has 1 aromatic carbocycles. The lowest BCUT2D eigenvalue weighted by Gasteiger charge is -2.19. The average Bonchev–Trinajstić information content (AvgIpc) is 2.93. The molecule has 112 valence electrons. The number of thiophene rings is 1. The van der Waals surface area contributed by atoms with Gasteiger partial charge in [-0.3, -0.25) is 4.31 Å². The first-order valence-electron chi connectivity index (χ1n) is 5.99. The molecular weight excluding hydrogens is 310 g/mol. The third-order valence-corrected chi connectivity index (χ3v) is 6.20. The fourth-order valence-electron chi connectivity index (χ4n) is 1.74. The summed E-state index contributed by atoms with van der Waals surface area (Å²) in [6, 6.07) is 9.82. The van der Waals surface area contributed by atoms with Crippen LogP contribution in [0.3, 0.4) is 0 Å². The van der Waals surface area contributed by atoms with Crippen molar-refractivity contribution >= 4 is 32.9 Å². The van der Waals surface area contributed by atoms with Crippen LogP contribution in [0.2, 0.25) is 0 Å². The van der Waals surface area contributed by atoms with Crippen molar-refractivity contribution in [3.63, 3.8) is 0 Å². The van der Waals surface area contributed by atoms with E-state index in [-0.39, 0.29) is 10.0 Å². The monoisotopic (exact) mass is 325 g/mol. The van der Waals surface area contributed by atoms with Crippen molar-refractivity contribution in [1.29, 1.82) is 0 Å². The van der Waals surface area contributed by atoms with Crippen LogP contribution < -0.4 is 10.0 Å². The number of amidine groups is 1. The number of anilines is 1. The molecule has 0 spiro atoms. The first kappa shape index (κ1) is 15.3. The molecule has 0 aliphatic heterocycles. The van der Waals surface area contributed by atoms with Crippen molar-refractivity contribution in [3.05, 3.63) is 46.8 Å². The van der Waals surface area contributed by atoms with Gasteiger partial charge in [0.15, 0.2) is 5.84 Å². The average molecular weight is 325 g/mol. The molecule has 0 atom stereocenters. The van der Waals surface area contributed by atoms with Gasteiger partial charge in [0.2, 0.25) is 0 Å². The highest BCUT2D eigenvalue weighted by Gasteiger charge is 2.23. The molecule has 21 heavy (non-hydrogen) atoms. The highest BCUT2D eigenvalue weighted by molar-refractivity contribution is 7.94. The molecule has 0 unspecified atom stereocenters. The van der Waals surface area contributed by atoms with Crippen molar-refractivity contribution in [3.8, 4) is 0 Å². The number of hydrogen-bond donors (Lipinski definition) is 2. The molecule has 3 N–H and O–H groups in total. The first-order valence-corrected chi connectivity index (χ1v) is 8.25. The van der Waals surface area contributed by atoms with Crippen LogP contribution in [0.25, 0.3) is 0 Å². The van der Waals surface area contributed by atoms with Crippen LogP contribution in [-0.2, 0) is 10.0 Å². The van der Waals surface area contributed by atoms with Gasteiger partial charge in [0.05, 0.1) is 5.69 Å². The second-order valence-electron chi connectivity index (χ2n) is 4.37. The van der Waals surface area contributed by atoms with Crippen LogP contribution >= 0.6 is 11.3 Å². The van der Waals surface area contributed by atoms with Crippen LogP contribution in [0, 0.1) is 6.92 Å². The molecule has 2 aromatic rings. The minimum absolute atomic E-state index is 0.0744. The third-order valence-electron chi connectivity index (χ3n) is 2.94. The molecule has 1 heterocycles. The van der Waals surface area contributed by atoms with Crippen molar-refractivity contribution < 1.29 is 13.6 Å². The Morgan fingerprint density at radius 2 is 2.05 bits per heavy atom. The van der Waals surface area contributed by atoms with Crippen molar-refractivity contribution in [2.24, 2.45) is 10.9 Å². The van der Waals surface area contributed by atoms with Crippen LogP contribution in [0.1, 0.15) is 10.4 Å². The zero-order valence-electron chi connectivity index (χ0n) is 11.5. The molecule has 0 aliphatic carbocycles. The molecule has 0 saturated heterocycles. The fraction of sp³-hybridized carbons (Fsp3) is 0.154. The van der Waals surface area contributed by atoms with Crippen molar-refractivity contribution in [1.82, 2.24) is 0 Å². The Kier molecular flexibility index (Phi) is 4.19. The highest BCUT2D eigenvalue weighted by Crippen LogP contribution is 2.27. The predicted molar refractivity (Wildman–Crippen MR) is 83.6 cm³/mol. The number of nitrogens with two attached hydrogens (primary N) is 1. The van der Waals surface area contributed by atoms with E-state index < -0.39 is 10.0 Å². The Morgan fingerprint density at radius 3 is 2.62 bits per heavy atom. The largest absolute Gasteiger partial charge is 0.409 e. The predicted octanol–water partition coefficient (Wildman–Crippen LogP) is 1.98. The van der Waals surface area contributed by atoms with E-state index in [1.54, 1.807) is 36.4 Å². The maximum atomic E-state index is 12.5. The van der Waals surface area contributed by atoms with E-state index in [9.17, 15) is 8.42 Å². The van der Waals surface area contributed by atoms with Crippen molar-refractivity contribution in [2.75, 3.05) is 11.4 Å². The van der Waals surface area contributed by atoms with Gasteiger partial charge in [-0.1, -0.05) is 17.3 Å². The zero-order chi connectivity index (χ0) is 15.6. The number of benzene rings is 1. The lowest BCUT2D eigenvalue weighted by molar-refractivity contribution is 0.318. The van der Waals surface area contributed by atoms with Crippen LogP contribution in [0.15, 0.2) is 45.8 Å². The van der Waals surface area contributed by atoms with E-state index in [0.29, 0.717) is 11.3 Å². The van der Waals surface area contributed by atoms with E-state index in [0.717, 1.165) is 4.88 Å². The Morgan fingerprint density at radius 1 is 1.33 bits per heavy atom. The number of nitrogens with zero attached hydrogens (tertiary/aromatic N) is 2. The van der Waals surface area contributed by atoms with Gasteiger partial charge >= 0.3 is 0 Å². The van der Waals surface area contributed by atoms with Gasteiger partial charge in [0, 0.05) is 17.5 Å². The van der Waals surface area contributed by atoms with Gasteiger partial charge in [-0.05, 0) is 31.2 Å². The fourth-order valence-corrected chi connectivity index (χ4v) is 4.38. The summed E-state index contributed by atoms with van der Waals surface area (Å²) in [5, 5.41) is 11.6. The molecule has 0 fully saturated rings. The third kappa shape index (κ3) is 3.01. The summed E-state index contributed by atoms with van der Waals surface area (Å²) in [7, 11) is -2.14. The smallest absolute Gasteiger partial charge is 0.273 e. The normalized spacial score (nSPS) is 12.4. The number of rotatable bonds is 4. The summed E-state index contributed by atoms with van der Waals surface area (Å²) in [4.78, 5) is 0.924. The Labute approximate surface area is 127 Å². The molecule has 1 aromatic heterocycles. The lowest BCUT2D eigenvalue weighted by Crippen LogP contribution is -2.26. The maximum absolute atomic E-state index is 12.5. The second kappa shape index (κ2) is 5.74. The SMILES string of the molecule is Cc1ccc(S(=O)(=O)N(C)c2cccc(C(N)=NO)c2)s1. The molecule has 2 rings (SSSR count). The second-order valence-corrected chi connectivity index (χ2v) is 7.86. The van der Waals surface area contributed by atoms with Crippen LogP contribution in [0.4, 0.5) is 5.69 Å². The van der Waals surface area contributed by atoms with Crippen LogP contribution in [-0.4, -0.2) is 26.5 Å². The summed E-state index contributed by atoms with van der Waals surface area (Å²) in [6.07, 6.45) is 0. The van der Waals surface area contributed by atoms with Crippen LogP contribution in [0.5, 0.6) is 0 Å². The van der Waals surface area contributed by atoms with E-state index in [1.807, 2.05) is 6.92 Å². The van der Waals surface area contributed by atoms with Gasteiger partial charge in [-0.15, -0.1) is 11.3 Å². The van der Waals surface area contributed by atoms with E-state index in [2.05, 4.69) is 5.16 Å². The minimum atomic E-state index is -3.61. The summed E-state index contributed by atoms with van der Waals surface area (Å²) in [5.74, 6) is -0.0744. The van der Waals surface area contributed by atoms with Gasteiger partial charge < -0.3 is 10.9 Å². The molecule has 0 radical (unpaired) electrons. The van der Waals surface area contributed by atoms with Gasteiger partial charge in [-0.2, -0.15) is 0 Å². The summed E-state index contributed by atoms with van der Waals surface area (Å²) in [5.41, 5.74) is 6.40. The molecule has 6 nitrogen and oxygen atoms in total. The van der Waals surface area contributed by atoms with Gasteiger partial charge in [0.25, 0.3) is 10.0 Å². The quantitative estimate of drug-likeness (QED) is 0.389. The molecule has 8 heteroatoms. The number of sulfonamides is 1. The minimum Gasteiger partial charge on any atom is -0.409 e. The molecular formula is C13H15N3O3S2. The standard InChI is InChI=1S/C13H15N3O3S2/c1-9-6-7-12(20-9)21(18,19)16(2)11-5-3-4-10(8-11)13(14)15-17/h3-8,17H,1-2H3,(H2,14,15). The van der Waals surface area contributed by atoms with Crippen molar-refractivity contribution in [2.45, 2.75) is 11.1 Å². The first-order chi connectivity index (χ1) is 9.86. The number of oxime groups is 1. The molecule has 0 aliphatic rings. The zero-order valence-corrected chi connectivity index (χ0v) is 13.1.